The Balaban J connectivity index is 1.69. The molecule has 0 unspecified atom stereocenters. The molecule has 1 N–H and O–H groups in total. The summed E-state index contributed by atoms with van der Waals surface area (Å²) in [4.78, 5) is 24.4. The number of hydrogen-bond donors (Lipinski definition) is 1. The smallest absolute Gasteiger partial charge is 0.293 e. The number of benzene rings is 1. The third-order valence-electron chi connectivity index (χ3n) is 3.62. The van der Waals surface area contributed by atoms with Crippen LogP contribution in [0.3, 0.4) is 0 Å². The van der Waals surface area contributed by atoms with Crippen molar-refractivity contribution in [1.29, 1.82) is 0 Å². The first kappa shape index (κ1) is 16.4. The van der Waals surface area contributed by atoms with E-state index in [0.29, 0.717) is 22.6 Å². The number of carbonyl (C=O) groups is 1. The van der Waals surface area contributed by atoms with E-state index in [9.17, 15) is 9.18 Å². The summed E-state index contributed by atoms with van der Waals surface area (Å²) in [5, 5.41) is 2.63. The molecule has 0 fully saturated rings. The molecular formula is C17H10BrFN4O3. The van der Waals surface area contributed by atoms with E-state index in [0.717, 1.165) is 4.47 Å². The van der Waals surface area contributed by atoms with E-state index >= 15 is 0 Å². The number of fused-ring (bicyclic) bond motifs is 1. The van der Waals surface area contributed by atoms with Crippen molar-refractivity contribution in [3.05, 3.63) is 58.6 Å². The summed E-state index contributed by atoms with van der Waals surface area (Å²) in [5.74, 6) is -0.869. The van der Waals surface area contributed by atoms with Crippen molar-refractivity contribution in [3.63, 3.8) is 0 Å². The first-order chi connectivity index (χ1) is 12.5. The molecule has 9 heteroatoms. The van der Waals surface area contributed by atoms with Gasteiger partial charge in [0.2, 0.25) is 11.7 Å². The molecule has 0 radical (unpaired) electrons. The van der Waals surface area contributed by atoms with Crippen LogP contribution in [0.4, 0.5) is 10.1 Å². The Morgan fingerprint density at radius 3 is 2.88 bits per heavy atom. The standard InChI is InChI=1S/C17H10BrFN4O3/c1-8-14(25-7-21-8)16(24)22-10-2-3-12(19)11(5-10)17-23-15-13(26-17)4-9(18)6-20-15/h2-7H,1H3,(H,22,24). The summed E-state index contributed by atoms with van der Waals surface area (Å²) < 4.78 is 25.6. The fraction of sp³-hybridized carbons (Fsp3) is 0.0588. The van der Waals surface area contributed by atoms with Crippen LogP contribution in [0.1, 0.15) is 16.2 Å². The van der Waals surface area contributed by atoms with Crippen LogP contribution in [-0.2, 0) is 0 Å². The van der Waals surface area contributed by atoms with Gasteiger partial charge in [0.15, 0.2) is 17.6 Å². The van der Waals surface area contributed by atoms with Gasteiger partial charge in [-0.15, -0.1) is 0 Å². The second kappa shape index (κ2) is 6.34. The Labute approximate surface area is 154 Å². The maximum absolute atomic E-state index is 14.3. The van der Waals surface area contributed by atoms with Gasteiger partial charge in [0.05, 0.1) is 11.3 Å². The molecule has 0 aliphatic heterocycles. The van der Waals surface area contributed by atoms with E-state index in [-0.39, 0.29) is 17.2 Å². The molecule has 1 amide bonds. The second-order valence-electron chi connectivity index (χ2n) is 5.41. The van der Waals surface area contributed by atoms with Crippen molar-refractivity contribution in [1.82, 2.24) is 15.0 Å². The van der Waals surface area contributed by atoms with Gasteiger partial charge in [0, 0.05) is 22.4 Å². The van der Waals surface area contributed by atoms with Crippen LogP contribution in [0.5, 0.6) is 0 Å². The Kier molecular flexibility index (Phi) is 4.00. The SMILES string of the molecule is Cc1ncoc1C(=O)Nc1ccc(F)c(-c2nc3ncc(Br)cc3o2)c1. The number of hydrogen-bond acceptors (Lipinski definition) is 6. The molecule has 0 saturated heterocycles. The van der Waals surface area contributed by atoms with E-state index < -0.39 is 11.7 Å². The van der Waals surface area contributed by atoms with Crippen molar-refractivity contribution < 1.29 is 18.0 Å². The molecule has 26 heavy (non-hydrogen) atoms. The lowest BCUT2D eigenvalue weighted by Gasteiger charge is -2.06. The lowest BCUT2D eigenvalue weighted by atomic mass is 10.2. The molecule has 0 aliphatic carbocycles. The number of nitrogens with zero attached hydrogens (tertiary/aromatic N) is 3. The third-order valence-corrected chi connectivity index (χ3v) is 4.05. The molecule has 130 valence electrons. The number of aromatic nitrogens is 3. The molecule has 3 aromatic heterocycles. The zero-order valence-electron chi connectivity index (χ0n) is 13.3. The van der Waals surface area contributed by atoms with Crippen molar-refractivity contribution in [2.24, 2.45) is 0 Å². The van der Waals surface area contributed by atoms with E-state index in [1.54, 1.807) is 19.2 Å². The van der Waals surface area contributed by atoms with E-state index in [2.05, 4.69) is 36.2 Å². The van der Waals surface area contributed by atoms with Crippen LogP contribution in [0.25, 0.3) is 22.7 Å². The average molecular weight is 417 g/mol. The van der Waals surface area contributed by atoms with Gasteiger partial charge in [0.1, 0.15) is 5.82 Å². The number of aryl methyl sites for hydroxylation is 1. The number of carbonyl (C=O) groups excluding carboxylic acids is 1. The molecule has 0 atom stereocenters. The minimum absolute atomic E-state index is 0.0649. The largest absolute Gasteiger partial charge is 0.438 e. The molecule has 3 heterocycles. The Morgan fingerprint density at radius 1 is 1.27 bits per heavy atom. The monoisotopic (exact) mass is 416 g/mol. The lowest BCUT2D eigenvalue weighted by molar-refractivity contribution is 0.0996. The summed E-state index contributed by atoms with van der Waals surface area (Å²) in [6, 6.07) is 5.77. The summed E-state index contributed by atoms with van der Waals surface area (Å²) >= 11 is 3.29. The summed E-state index contributed by atoms with van der Waals surface area (Å²) in [5.41, 5.74) is 1.69. The predicted molar refractivity (Wildman–Crippen MR) is 94.1 cm³/mol. The van der Waals surface area contributed by atoms with Gasteiger partial charge < -0.3 is 14.2 Å². The molecule has 7 nitrogen and oxygen atoms in total. The van der Waals surface area contributed by atoms with Crippen LogP contribution < -0.4 is 5.32 Å². The van der Waals surface area contributed by atoms with E-state index in [1.165, 1.54) is 24.6 Å². The summed E-state index contributed by atoms with van der Waals surface area (Å²) in [7, 11) is 0. The fourth-order valence-corrected chi connectivity index (χ4v) is 2.70. The van der Waals surface area contributed by atoms with Crippen LogP contribution >= 0.6 is 15.9 Å². The van der Waals surface area contributed by atoms with Crippen molar-refractivity contribution in [2.45, 2.75) is 6.92 Å². The molecule has 0 saturated carbocycles. The minimum Gasteiger partial charge on any atom is -0.438 e. The van der Waals surface area contributed by atoms with Gasteiger partial charge in [-0.2, -0.15) is 4.98 Å². The van der Waals surface area contributed by atoms with Crippen LogP contribution in [-0.4, -0.2) is 20.9 Å². The molecule has 0 spiro atoms. The maximum atomic E-state index is 14.3. The van der Waals surface area contributed by atoms with Gasteiger partial charge in [-0.3, -0.25) is 4.79 Å². The highest BCUT2D eigenvalue weighted by molar-refractivity contribution is 9.10. The van der Waals surface area contributed by atoms with Crippen molar-refractivity contribution >= 4 is 38.8 Å². The van der Waals surface area contributed by atoms with Gasteiger partial charge in [-0.1, -0.05) is 0 Å². The second-order valence-corrected chi connectivity index (χ2v) is 6.33. The molecular weight excluding hydrogens is 407 g/mol. The normalized spacial score (nSPS) is 11.0. The molecule has 0 bridgehead atoms. The Bertz CT molecular complexity index is 1140. The van der Waals surface area contributed by atoms with Crippen LogP contribution in [0.15, 0.2) is 50.2 Å². The third kappa shape index (κ3) is 2.97. The molecule has 1 aromatic carbocycles. The Hall–Kier alpha value is -3.07. The topological polar surface area (TPSA) is 94.1 Å². The van der Waals surface area contributed by atoms with Gasteiger partial charge in [-0.25, -0.2) is 14.4 Å². The van der Waals surface area contributed by atoms with E-state index in [1.807, 2.05) is 0 Å². The zero-order chi connectivity index (χ0) is 18.3. The van der Waals surface area contributed by atoms with Gasteiger partial charge in [0.25, 0.3) is 5.91 Å². The van der Waals surface area contributed by atoms with Gasteiger partial charge in [-0.05, 0) is 41.1 Å². The first-order valence-corrected chi connectivity index (χ1v) is 8.24. The quantitative estimate of drug-likeness (QED) is 0.533. The fourth-order valence-electron chi connectivity index (χ4n) is 2.39. The predicted octanol–water partition coefficient (Wildman–Crippen LogP) is 4.34. The number of rotatable bonds is 3. The van der Waals surface area contributed by atoms with Crippen molar-refractivity contribution in [3.8, 4) is 11.5 Å². The Morgan fingerprint density at radius 2 is 2.12 bits per heavy atom. The summed E-state index contributed by atoms with van der Waals surface area (Å²) in [6.45, 7) is 1.65. The van der Waals surface area contributed by atoms with Crippen molar-refractivity contribution in [2.75, 3.05) is 5.32 Å². The molecule has 0 aliphatic rings. The number of anilines is 1. The summed E-state index contributed by atoms with van der Waals surface area (Å²) in [6.07, 6.45) is 2.76. The van der Waals surface area contributed by atoms with Gasteiger partial charge >= 0.3 is 0 Å². The van der Waals surface area contributed by atoms with Crippen LogP contribution in [0.2, 0.25) is 0 Å². The molecule has 4 aromatic rings. The maximum Gasteiger partial charge on any atom is 0.293 e. The highest BCUT2D eigenvalue weighted by Crippen LogP contribution is 2.29. The molecule has 4 rings (SSSR count). The number of oxazole rings is 2. The first-order valence-electron chi connectivity index (χ1n) is 7.45. The minimum atomic E-state index is -0.538. The average Bonchev–Trinajstić information content (AvgIpc) is 3.22. The number of halogens is 2. The number of pyridine rings is 1. The highest BCUT2D eigenvalue weighted by atomic mass is 79.9. The lowest BCUT2D eigenvalue weighted by Crippen LogP contribution is -2.12. The van der Waals surface area contributed by atoms with Crippen LogP contribution in [0, 0.1) is 12.7 Å². The number of nitrogens with one attached hydrogen (secondary N) is 1. The highest BCUT2D eigenvalue weighted by Gasteiger charge is 2.17. The zero-order valence-corrected chi connectivity index (χ0v) is 14.9. The van der Waals surface area contributed by atoms with E-state index in [4.69, 9.17) is 8.83 Å². The number of amides is 1.